The first kappa shape index (κ1) is 14.5. The van der Waals surface area contributed by atoms with Crippen LogP contribution in [0.1, 0.15) is 32.3 Å². The lowest BCUT2D eigenvalue weighted by atomic mass is 10.2. The van der Waals surface area contributed by atoms with Crippen molar-refractivity contribution in [2.24, 2.45) is 0 Å². The zero-order chi connectivity index (χ0) is 13.5. The first-order chi connectivity index (χ1) is 8.52. The monoisotopic (exact) mass is 250 g/mol. The van der Waals surface area contributed by atoms with Gasteiger partial charge in [0.2, 0.25) is 5.91 Å². The maximum absolute atomic E-state index is 11.7. The second-order valence-electron chi connectivity index (χ2n) is 4.46. The van der Waals surface area contributed by atoms with Crippen molar-refractivity contribution in [1.29, 1.82) is 0 Å². The van der Waals surface area contributed by atoms with E-state index in [0.29, 0.717) is 18.7 Å². The van der Waals surface area contributed by atoms with E-state index in [1.54, 1.807) is 6.07 Å². The molecule has 0 aliphatic carbocycles. The average molecular weight is 250 g/mol. The number of aryl methyl sites for hydroxylation is 1. The lowest BCUT2D eigenvalue weighted by Crippen LogP contribution is -2.17. The Kier molecular flexibility index (Phi) is 5.65. The number of hydrogen-bond donors (Lipinski definition) is 2. The van der Waals surface area contributed by atoms with E-state index >= 15 is 0 Å². The van der Waals surface area contributed by atoms with Crippen molar-refractivity contribution in [1.82, 2.24) is 0 Å². The van der Waals surface area contributed by atoms with E-state index in [9.17, 15) is 4.79 Å². The van der Waals surface area contributed by atoms with Crippen LogP contribution in [0, 0.1) is 6.92 Å². The molecule has 1 aromatic carbocycles. The van der Waals surface area contributed by atoms with E-state index < -0.39 is 0 Å². The van der Waals surface area contributed by atoms with Gasteiger partial charge >= 0.3 is 0 Å². The number of benzene rings is 1. The summed E-state index contributed by atoms with van der Waals surface area (Å²) in [6.45, 7) is 6.44. The van der Waals surface area contributed by atoms with Gasteiger partial charge in [0, 0.05) is 11.4 Å². The van der Waals surface area contributed by atoms with Gasteiger partial charge in [0.25, 0.3) is 0 Å². The fraction of sp³-hybridized carbons (Fsp3) is 0.500. The highest BCUT2D eigenvalue weighted by atomic mass is 16.5. The summed E-state index contributed by atoms with van der Waals surface area (Å²) in [5, 5.41) is 2.84. The van der Waals surface area contributed by atoms with Crippen LogP contribution in [-0.2, 0) is 9.53 Å². The molecule has 0 saturated carbocycles. The molecule has 1 amide bonds. The molecular weight excluding hydrogens is 228 g/mol. The van der Waals surface area contributed by atoms with Crippen molar-refractivity contribution < 1.29 is 9.53 Å². The lowest BCUT2D eigenvalue weighted by molar-refractivity contribution is -0.117. The number of hydrogen-bond acceptors (Lipinski definition) is 3. The van der Waals surface area contributed by atoms with E-state index in [2.05, 4.69) is 12.2 Å². The molecule has 4 heteroatoms. The minimum Gasteiger partial charge on any atom is -0.399 e. The number of rotatable bonds is 6. The Labute approximate surface area is 109 Å². The second-order valence-corrected chi connectivity index (χ2v) is 4.46. The number of nitrogens with one attached hydrogen (secondary N) is 1. The van der Waals surface area contributed by atoms with Crippen LogP contribution in [0.4, 0.5) is 11.4 Å². The third-order valence-electron chi connectivity index (χ3n) is 2.84. The van der Waals surface area contributed by atoms with Crippen LogP contribution in [0.5, 0.6) is 0 Å². The Morgan fingerprint density at radius 1 is 1.50 bits per heavy atom. The Morgan fingerprint density at radius 2 is 2.22 bits per heavy atom. The Morgan fingerprint density at radius 3 is 2.89 bits per heavy atom. The van der Waals surface area contributed by atoms with Crippen LogP contribution in [0.2, 0.25) is 0 Å². The van der Waals surface area contributed by atoms with E-state index in [1.165, 1.54) is 0 Å². The van der Waals surface area contributed by atoms with E-state index in [-0.39, 0.29) is 12.0 Å². The molecular formula is C14H22N2O2. The number of carbonyl (C=O) groups is 1. The van der Waals surface area contributed by atoms with Gasteiger partial charge in [-0.2, -0.15) is 0 Å². The van der Waals surface area contributed by atoms with Crippen molar-refractivity contribution >= 4 is 17.3 Å². The number of nitrogen functional groups attached to an aromatic ring is 1. The Hall–Kier alpha value is -1.55. The van der Waals surface area contributed by atoms with Crippen molar-refractivity contribution in [3.05, 3.63) is 23.8 Å². The van der Waals surface area contributed by atoms with Crippen LogP contribution in [0.15, 0.2) is 18.2 Å². The maximum atomic E-state index is 11.7. The summed E-state index contributed by atoms with van der Waals surface area (Å²) < 4.78 is 5.47. The number of anilines is 2. The predicted molar refractivity (Wildman–Crippen MR) is 74.5 cm³/mol. The largest absolute Gasteiger partial charge is 0.399 e. The van der Waals surface area contributed by atoms with E-state index in [1.807, 2.05) is 26.0 Å². The molecule has 0 bridgehead atoms. The third-order valence-corrected chi connectivity index (χ3v) is 2.84. The lowest BCUT2D eigenvalue weighted by Gasteiger charge is -2.11. The minimum absolute atomic E-state index is 0.0491. The quantitative estimate of drug-likeness (QED) is 0.763. The summed E-state index contributed by atoms with van der Waals surface area (Å²) in [4.78, 5) is 11.7. The summed E-state index contributed by atoms with van der Waals surface area (Å²) in [5.41, 5.74) is 8.10. The normalized spacial score (nSPS) is 12.2. The van der Waals surface area contributed by atoms with Gasteiger partial charge in [-0.25, -0.2) is 0 Å². The molecule has 1 unspecified atom stereocenters. The SMILES string of the molecule is CCC(C)OCCC(=O)Nc1cc(N)ccc1C. The van der Waals surface area contributed by atoms with Gasteiger partial charge in [0.05, 0.1) is 19.1 Å². The van der Waals surface area contributed by atoms with Gasteiger partial charge in [-0.05, 0) is 38.0 Å². The number of amides is 1. The van der Waals surface area contributed by atoms with Crippen molar-refractivity contribution in [3.63, 3.8) is 0 Å². The standard InChI is InChI=1S/C14H22N2O2/c1-4-11(3)18-8-7-14(17)16-13-9-12(15)6-5-10(13)2/h5-6,9,11H,4,7-8,15H2,1-3H3,(H,16,17). The highest BCUT2D eigenvalue weighted by molar-refractivity contribution is 5.92. The second kappa shape index (κ2) is 7.01. The molecule has 0 saturated heterocycles. The molecule has 0 heterocycles. The first-order valence-electron chi connectivity index (χ1n) is 6.30. The number of carbonyl (C=O) groups excluding carboxylic acids is 1. The number of ether oxygens (including phenoxy) is 1. The third kappa shape index (κ3) is 4.75. The van der Waals surface area contributed by atoms with Crippen LogP contribution in [-0.4, -0.2) is 18.6 Å². The van der Waals surface area contributed by atoms with Gasteiger partial charge < -0.3 is 15.8 Å². The summed E-state index contributed by atoms with van der Waals surface area (Å²) in [5.74, 6) is -0.0491. The molecule has 3 N–H and O–H groups in total. The van der Waals surface area contributed by atoms with E-state index in [4.69, 9.17) is 10.5 Å². The summed E-state index contributed by atoms with van der Waals surface area (Å²) in [7, 11) is 0. The average Bonchev–Trinajstić information content (AvgIpc) is 2.33. The molecule has 1 aromatic rings. The van der Waals surface area contributed by atoms with Gasteiger partial charge in [-0.3, -0.25) is 4.79 Å². The van der Waals surface area contributed by atoms with E-state index in [0.717, 1.165) is 17.7 Å². The summed E-state index contributed by atoms with van der Waals surface area (Å²) >= 11 is 0. The Bertz CT molecular complexity index is 405. The molecule has 0 radical (unpaired) electrons. The molecule has 0 aliphatic heterocycles. The van der Waals surface area contributed by atoms with Crippen LogP contribution >= 0.6 is 0 Å². The number of nitrogens with two attached hydrogens (primary N) is 1. The van der Waals surface area contributed by atoms with Gasteiger partial charge in [0.1, 0.15) is 0 Å². The fourth-order valence-corrected chi connectivity index (χ4v) is 1.46. The maximum Gasteiger partial charge on any atom is 0.226 e. The molecule has 0 spiro atoms. The minimum atomic E-state index is -0.0491. The topological polar surface area (TPSA) is 64.3 Å². The smallest absolute Gasteiger partial charge is 0.226 e. The highest BCUT2D eigenvalue weighted by Crippen LogP contribution is 2.18. The highest BCUT2D eigenvalue weighted by Gasteiger charge is 2.06. The van der Waals surface area contributed by atoms with Crippen molar-refractivity contribution in [2.45, 2.75) is 39.7 Å². The molecule has 1 atom stereocenters. The molecule has 100 valence electrons. The van der Waals surface area contributed by atoms with Gasteiger partial charge in [0.15, 0.2) is 0 Å². The molecule has 18 heavy (non-hydrogen) atoms. The van der Waals surface area contributed by atoms with Crippen LogP contribution < -0.4 is 11.1 Å². The zero-order valence-corrected chi connectivity index (χ0v) is 11.3. The van der Waals surface area contributed by atoms with Crippen LogP contribution in [0.3, 0.4) is 0 Å². The summed E-state index contributed by atoms with van der Waals surface area (Å²) in [6.07, 6.45) is 1.51. The first-order valence-corrected chi connectivity index (χ1v) is 6.30. The van der Waals surface area contributed by atoms with Crippen molar-refractivity contribution in [3.8, 4) is 0 Å². The van der Waals surface area contributed by atoms with Crippen LogP contribution in [0.25, 0.3) is 0 Å². The molecule has 1 rings (SSSR count). The summed E-state index contributed by atoms with van der Waals surface area (Å²) in [6, 6.07) is 5.47. The predicted octanol–water partition coefficient (Wildman–Crippen LogP) is 2.72. The zero-order valence-electron chi connectivity index (χ0n) is 11.3. The molecule has 0 aromatic heterocycles. The van der Waals surface area contributed by atoms with Crippen molar-refractivity contribution in [2.75, 3.05) is 17.7 Å². The molecule has 0 fully saturated rings. The van der Waals surface area contributed by atoms with Gasteiger partial charge in [-0.15, -0.1) is 0 Å². The Balaban J connectivity index is 2.42. The molecule has 4 nitrogen and oxygen atoms in total. The fourth-order valence-electron chi connectivity index (χ4n) is 1.46. The molecule has 0 aliphatic rings. The van der Waals surface area contributed by atoms with Gasteiger partial charge in [-0.1, -0.05) is 13.0 Å².